The zero-order chi connectivity index (χ0) is 10.3. The van der Waals surface area contributed by atoms with Gasteiger partial charge in [0, 0.05) is 17.7 Å². The molecule has 0 atom stereocenters. The molecule has 82 valence electrons. The first-order chi connectivity index (χ1) is 7.25. The second kappa shape index (κ2) is 3.49. The minimum Gasteiger partial charge on any atom is -0.325 e. The zero-order valence-electron chi connectivity index (χ0n) is 8.78. The Labute approximate surface area is 93.6 Å². The summed E-state index contributed by atoms with van der Waals surface area (Å²) < 4.78 is 2.06. The molecule has 2 N–H and O–H groups in total. The van der Waals surface area contributed by atoms with Crippen LogP contribution in [0.4, 0.5) is 0 Å². The minimum absolute atomic E-state index is 0.126. The van der Waals surface area contributed by atoms with Crippen LogP contribution < -0.4 is 5.73 Å². The summed E-state index contributed by atoms with van der Waals surface area (Å²) in [4.78, 5) is 4.56. The monoisotopic (exact) mass is 224 g/mol. The predicted octanol–water partition coefficient (Wildman–Crippen LogP) is 0.949. The number of nitrogens with zero attached hydrogens (tertiary/aromatic N) is 3. The van der Waals surface area contributed by atoms with Gasteiger partial charge < -0.3 is 5.73 Å². The fourth-order valence-electron chi connectivity index (χ4n) is 1.90. The zero-order valence-corrected chi connectivity index (χ0v) is 9.59. The van der Waals surface area contributed by atoms with E-state index in [-0.39, 0.29) is 5.54 Å². The van der Waals surface area contributed by atoms with Crippen LogP contribution in [0.25, 0.3) is 0 Å². The van der Waals surface area contributed by atoms with Gasteiger partial charge >= 0.3 is 0 Å². The highest BCUT2D eigenvalue weighted by Gasteiger charge is 2.37. The van der Waals surface area contributed by atoms with E-state index >= 15 is 0 Å². The van der Waals surface area contributed by atoms with Crippen LogP contribution in [0.5, 0.6) is 0 Å². The largest absolute Gasteiger partial charge is 0.325 e. The molecule has 0 saturated heterocycles. The highest BCUT2D eigenvalue weighted by molar-refractivity contribution is 7.98. The summed E-state index contributed by atoms with van der Waals surface area (Å²) in [5.74, 6) is 4.31. The molecule has 0 bridgehead atoms. The van der Waals surface area contributed by atoms with Gasteiger partial charge in [-0.1, -0.05) is 0 Å². The highest BCUT2D eigenvalue weighted by Crippen LogP contribution is 2.36. The fraction of sp³-hybridized carbons (Fsp3) is 0.800. The van der Waals surface area contributed by atoms with Crippen molar-refractivity contribution < 1.29 is 0 Å². The normalized spacial score (nSPS) is 22.5. The van der Waals surface area contributed by atoms with Gasteiger partial charge in [-0.3, -0.25) is 0 Å². The third-order valence-corrected chi connectivity index (χ3v) is 4.14. The summed E-state index contributed by atoms with van der Waals surface area (Å²) in [7, 11) is 0. The average molecular weight is 224 g/mol. The molecule has 0 radical (unpaired) electrons. The Bertz CT molecular complexity index is 346. The van der Waals surface area contributed by atoms with E-state index in [0.717, 1.165) is 42.5 Å². The third kappa shape index (κ3) is 2.03. The molecule has 5 heteroatoms. The summed E-state index contributed by atoms with van der Waals surface area (Å²) >= 11 is 1.94. The van der Waals surface area contributed by atoms with Crippen molar-refractivity contribution in [3.8, 4) is 0 Å². The van der Waals surface area contributed by atoms with Crippen LogP contribution >= 0.6 is 11.8 Å². The molecule has 0 aromatic carbocycles. The van der Waals surface area contributed by atoms with Crippen molar-refractivity contribution in [1.82, 2.24) is 14.8 Å². The summed E-state index contributed by atoms with van der Waals surface area (Å²) in [6.07, 6.45) is 4.34. The molecule has 1 saturated carbocycles. The van der Waals surface area contributed by atoms with Crippen molar-refractivity contribution in [1.29, 1.82) is 0 Å². The number of thioether (sulfide) groups is 1. The van der Waals surface area contributed by atoms with Crippen LogP contribution in [-0.4, -0.2) is 26.1 Å². The molecule has 1 aromatic rings. The lowest BCUT2D eigenvalue weighted by atomic mass is 10.1. The number of fused-ring (bicyclic) bond motifs is 1. The lowest BCUT2D eigenvalue weighted by Gasteiger charge is -2.09. The Morgan fingerprint density at radius 3 is 3.07 bits per heavy atom. The third-order valence-electron chi connectivity index (χ3n) is 3.21. The number of rotatable bonds is 3. The summed E-state index contributed by atoms with van der Waals surface area (Å²) in [5, 5.41) is 4.52. The van der Waals surface area contributed by atoms with E-state index in [2.05, 4.69) is 14.8 Å². The molecule has 1 fully saturated rings. The van der Waals surface area contributed by atoms with Gasteiger partial charge in [-0.05, 0) is 19.3 Å². The molecule has 1 aliphatic heterocycles. The van der Waals surface area contributed by atoms with Crippen molar-refractivity contribution in [3.05, 3.63) is 11.6 Å². The number of nitrogens with two attached hydrogens (primary N) is 1. The smallest absolute Gasteiger partial charge is 0.151 e. The number of hydrogen-bond acceptors (Lipinski definition) is 4. The van der Waals surface area contributed by atoms with Crippen molar-refractivity contribution in [2.24, 2.45) is 5.73 Å². The molecule has 1 aromatic heterocycles. The first-order valence-electron chi connectivity index (χ1n) is 5.54. The summed E-state index contributed by atoms with van der Waals surface area (Å²) in [6.45, 7) is 1.01. The van der Waals surface area contributed by atoms with Crippen LogP contribution in [0.1, 0.15) is 30.9 Å². The van der Waals surface area contributed by atoms with E-state index in [4.69, 9.17) is 5.73 Å². The van der Waals surface area contributed by atoms with E-state index < -0.39 is 0 Å². The van der Waals surface area contributed by atoms with Crippen LogP contribution in [0.2, 0.25) is 0 Å². The highest BCUT2D eigenvalue weighted by atomic mass is 32.2. The molecule has 2 aliphatic rings. The van der Waals surface area contributed by atoms with Gasteiger partial charge in [0.25, 0.3) is 0 Å². The molecular weight excluding hydrogens is 208 g/mol. The second-order valence-electron chi connectivity index (χ2n) is 4.58. The van der Waals surface area contributed by atoms with E-state index in [9.17, 15) is 0 Å². The number of hydrogen-bond donors (Lipinski definition) is 1. The fourth-order valence-corrected chi connectivity index (χ4v) is 2.75. The van der Waals surface area contributed by atoms with E-state index in [1.807, 2.05) is 11.8 Å². The lowest BCUT2D eigenvalue weighted by Crippen LogP contribution is -2.22. The molecule has 0 spiro atoms. The maximum atomic E-state index is 6.05. The topological polar surface area (TPSA) is 56.7 Å². The number of aryl methyl sites for hydroxylation is 2. The quantitative estimate of drug-likeness (QED) is 0.830. The molecule has 1 aliphatic carbocycles. The Morgan fingerprint density at radius 1 is 1.47 bits per heavy atom. The van der Waals surface area contributed by atoms with Crippen molar-refractivity contribution in [3.63, 3.8) is 0 Å². The van der Waals surface area contributed by atoms with Gasteiger partial charge in [-0.25, -0.2) is 9.67 Å². The Hall–Kier alpha value is -0.550. The Kier molecular flexibility index (Phi) is 2.25. The first kappa shape index (κ1) is 9.66. The van der Waals surface area contributed by atoms with Crippen LogP contribution in [0, 0.1) is 0 Å². The van der Waals surface area contributed by atoms with Crippen LogP contribution in [0.15, 0.2) is 0 Å². The maximum absolute atomic E-state index is 6.05. The molecule has 0 unspecified atom stereocenters. The van der Waals surface area contributed by atoms with Crippen molar-refractivity contribution in [2.75, 3.05) is 5.75 Å². The number of aromatic nitrogens is 3. The summed E-state index contributed by atoms with van der Waals surface area (Å²) in [5.41, 5.74) is 6.18. The average Bonchev–Trinajstić information content (AvgIpc) is 2.83. The van der Waals surface area contributed by atoms with Crippen molar-refractivity contribution >= 4 is 11.8 Å². The van der Waals surface area contributed by atoms with E-state index in [0.29, 0.717) is 0 Å². The molecular formula is C10H16N4S. The molecule has 2 heterocycles. The van der Waals surface area contributed by atoms with Gasteiger partial charge in [-0.15, -0.1) is 0 Å². The second-order valence-corrected chi connectivity index (χ2v) is 5.69. The maximum Gasteiger partial charge on any atom is 0.151 e. The standard InChI is InChI=1S/C10H16N4S/c11-10(3-4-10)2-1-8-12-9-7-15-6-5-14(9)13-8/h1-7,11H2. The van der Waals surface area contributed by atoms with Crippen molar-refractivity contribution in [2.45, 2.75) is 43.5 Å². The molecule has 4 nitrogen and oxygen atoms in total. The predicted molar refractivity (Wildman–Crippen MR) is 60.7 cm³/mol. The van der Waals surface area contributed by atoms with Gasteiger partial charge in [0.2, 0.25) is 0 Å². The Morgan fingerprint density at radius 2 is 2.33 bits per heavy atom. The molecule has 0 amide bonds. The summed E-state index contributed by atoms with van der Waals surface area (Å²) in [6, 6.07) is 0. The SMILES string of the molecule is NC1(CCc2nc3n(n2)CCSC3)CC1. The van der Waals surface area contributed by atoms with E-state index in [1.165, 1.54) is 12.8 Å². The van der Waals surface area contributed by atoms with Gasteiger partial charge in [0.15, 0.2) is 5.82 Å². The first-order valence-corrected chi connectivity index (χ1v) is 6.70. The molecule has 3 rings (SSSR count). The van der Waals surface area contributed by atoms with Gasteiger partial charge in [0.05, 0.1) is 12.3 Å². The van der Waals surface area contributed by atoms with Gasteiger partial charge in [0.1, 0.15) is 5.82 Å². The lowest BCUT2D eigenvalue weighted by molar-refractivity contribution is 0.582. The van der Waals surface area contributed by atoms with Crippen LogP contribution in [0.3, 0.4) is 0 Å². The Balaban J connectivity index is 1.67. The molecule has 15 heavy (non-hydrogen) atoms. The van der Waals surface area contributed by atoms with E-state index in [1.54, 1.807) is 0 Å². The van der Waals surface area contributed by atoms with Crippen LogP contribution in [-0.2, 0) is 18.7 Å². The minimum atomic E-state index is 0.126. The van der Waals surface area contributed by atoms with Gasteiger partial charge in [-0.2, -0.15) is 16.9 Å².